The average molecular weight is 282 g/mol. The standard InChI is InChI=1S/C15H20F2N2O/c1-2-9-19-13(20)8-4-7-12(18)15(19)14-10(16)5-3-6-11(14)17/h3,5-6,12,15H,2,4,7-9,18H2,1H3. The van der Waals surface area contributed by atoms with Crippen LogP contribution in [0.5, 0.6) is 0 Å². The van der Waals surface area contributed by atoms with E-state index in [-0.39, 0.29) is 11.5 Å². The predicted molar refractivity (Wildman–Crippen MR) is 72.9 cm³/mol. The smallest absolute Gasteiger partial charge is 0.223 e. The molecule has 1 aliphatic rings. The fraction of sp³-hybridized carbons (Fsp3) is 0.533. The first-order chi connectivity index (χ1) is 9.56. The Labute approximate surface area is 117 Å². The molecule has 2 atom stereocenters. The number of hydrogen-bond acceptors (Lipinski definition) is 2. The third-order valence-electron chi connectivity index (χ3n) is 3.75. The van der Waals surface area contributed by atoms with E-state index in [0.717, 1.165) is 6.42 Å². The van der Waals surface area contributed by atoms with Gasteiger partial charge in [0.1, 0.15) is 11.6 Å². The van der Waals surface area contributed by atoms with E-state index in [1.165, 1.54) is 18.2 Å². The zero-order valence-corrected chi connectivity index (χ0v) is 11.6. The number of amides is 1. The number of carbonyl (C=O) groups excluding carboxylic acids is 1. The molecule has 1 amide bonds. The first kappa shape index (κ1) is 14.9. The van der Waals surface area contributed by atoms with Crippen molar-refractivity contribution < 1.29 is 13.6 Å². The van der Waals surface area contributed by atoms with Crippen LogP contribution >= 0.6 is 0 Å². The highest BCUT2D eigenvalue weighted by Gasteiger charge is 2.35. The molecule has 0 aromatic heterocycles. The maximum Gasteiger partial charge on any atom is 0.223 e. The van der Waals surface area contributed by atoms with Crippen LogP contribution in [0.2, 0.25) is 0 Å². The van der Waals surface area contributed by atoms with Gasteiger partial charge in [0.05, 0.1) is 6.04 Å². The van der Waals surface area contributed by atoms with Crippen molar-refractivity contribution in [2.75, 3.05) is 6.54 Å². The molecule has 3 nitrogen and oxygen atoms in total. The quantitative estimate of drug-likeness (QED) is 0.926. The number of benzene rings is 1. The van der Waals surface area contributed by atoms with Crippen molar-refractivity contribution >= 4 is 5.91 Å². The van der Waals surface area contributed by atoms with Crippen LogP contribution in [0.25, 0.3) is 0 Å². The topological polar surface area (TPSA) is 46.3 Å². The first-order valence-corrected chi connectivity index (χ1v) is 7.05. The molecular formula is C15H20F2N2O. The summed E-state index contributed by atoms with van der Waals surface area (Å²) in [6.07, 6.45) is 2.36. The van der Waals surface area contributed by atoms with Crippen LogP contribution in [0.15, 0.2) is 18.2 Å². The molecule has 2 rings (SSSR count). The zero-order chi connectivity index (χ0) is 14.7. The van der Waals surface area contributed by atoms with E-state index in [1.54, 1.807) is 4.90 Å². The largest absolute Gasteiger partial charge is 0.334 e. The van der Waals surface area contributed by atoms with Gasteiger partial charge in [0, 0.05) is 24.6 Å². The third kappa shape index (κ3) is 2.82. The minimum absolute atomic E-state index is 0.0764. The summed E-state index contributed by atoms with van der Waals surface area (Å²) in [7, 11) is 0. The Balaban J connectivity index is 2.49. The molecule has 0 aliphatic carbocycles. The van der Waals surface area contributed by atoms with Gasteiger partial charge in [-0.1, -0.05) is 13.0 Å². The first-order valence-electron chi connectivity index (χ1n) is 7.05. The maximum absolute atomic E-state index is 14.0. The molecule has 1 aliphatic heterocycles. The summed E-state index contributed by atoms with van der Waals surface area (Å²) in [5, 5.41) is 0. The minimum Gasteiger partial charge on any atom is -0.334 e. The molecule has 0 radical (unpaired) electrons. The summed E-state index contributed by atoms with van der Waals surface area (Å²) in [5.41, 5.74) is 6.02. The molecular weight excluding hydrogens is 262 g/mol. The lowest BCUT2D eigenvalue weighted by Crippen LogP contribution is -2.43. The van der Waals surface area contributed by atoms with Crippen molar-refractivity contribution in [2.24, 2.45) is 5.73 Å². The summed E-state index contributed by atoms with van der Waals surface area (Å²) in [5.74, 6) is -1.35. The van der Waals surface area contributed by atoms with Gasteiger partial charge in [-0.3, -0.25) is 4.79 Å². The SMILES string of the molecule is CCCN1C(=O)CCCC(N)C1c1c(F)cccc1F. The second kappa shape index (κ2) is 6.31. The number of halogens is 2. The van der Waals surface area contributed by atoms with Crippen LogP contribution in [0, 0.1) is 11.6 Å². The van der Waals surface area contributed by atoms with Gasteiger partial charge in [-0.2, -0.15) is 0 Å². The second-order valence-corrected chi connectivity index (χ2v) is 5.22. The van der Waals surface area contributed by atoms with E-state index in [4.69, 9.17) is 5.73 Å². The van der Waals surface area contributed by atoms with Crippen molar-refractivity contribution in [1.82, 2.24) is 4.90 Å². The van der Waals surface area contributed by atoms with Gasteiger partial charge in [-0.15, -0.1) is 0 Å². The molecule has 5 heteroatoms. The summed E-state index contributed by atoms with van der Waals surface area (Å²) >= 11 is 0. The van der Waals surface area contributed by atoms with Crippen molar-refractivity contribution in [2.45, 2.75) is 44.7 Å². The number of likely N-dealkylation sites (tertiary alicyclic amines) is 1. The van der Waals surface area contributed by atoms with Crippen LogP contribution in [0.4, 0.5) is 8.78 Å². The Morgan fingerprint density at radius 2 is 2.00 bits per heavy atom. The van der Waals surface area contributed by atoms with E-state index in [2.05, 4.69) is 0 Å². The van der Waals surface area contributed by atoms with Gasteiger partial charge >= 0.3 is 0 Å². The number of carbonyl (C=O) groups is 1. The predicted octanol–water partition coefficient (Wildman–Crippen LogP) is 2.76. The molecule has 0 bridgehead atoms. The molecule has 1 aromatic rings. The molecule has 2 unspecified atom stereocenters. The second-order valence-electron chi connectivity index (χ2n) is 5.22. The average Bonchev–Trinajstić information content (AvgIpc) is 2.52. The fourth-order valence-electron chi connectivity index (χ4n) is 2.84. The fourth-order valence-corrected chi connectivity index (χ4v) is 2.84. The molecule has 0 spiro atoms. The summed E-state index contributed by atoms with van der Waals surface area (Å²) in [4.78, 5) is 13.7. The maximum atomic E-state index is 14.0. The van der Waals surface area contributed by atoms with Gasteiger partial charge in [-0.25, -0.2) is 8.78 Å². The van der Waals surface area contributed by atoms with Gasteiger partial charge < -0.3 is 10.6 Å². The van der Waals surface area contributed by atoms with Crippen LogP contribution in [0.1, 0.15) is 44.2 Å². The van der Waals surface area contributed by atoms with Crippen LogP contribution in [0.3, 0.4) is 0 Å². The Bertz CT molecular complexity index is 473. The van der Waals surface area contributed by atoms with Crippen LogP contribution < -0.4 is 5.73 Å². The zero-order valence-electron chi connectivity index (χ0n) is 11.6. The van der Waals surface area contributed by atoms with Gasteiger partial charge in [-0.05, 0) is 31.4 Å². The van der Waals surface area contributed by atoms with Crippen molar-refractivity contribution in [3.8, 4) is 0 Å². The number of rotatable bonds is 3. The van der Waals surface area contributed by atoms with Gasteiger partial charge in [0.15, 0.2) is 0 Å². The Hall–Kier alpha value is -1.49. The van der Waals surface area contributed by atoms with E-state index in [9.17, 15) is 13.6 Å². The third-order valence-corrected chi connectivity index (χ3v) is 3.75. The lowest BCUT2D eigenvalue weighted by atomic mass is 9.95. The van der Waals surface area contributed by atoms with Crippen molar-refractivity contribution in [3.63, 3.8) is 0 Å². The van der Waals surface area contributed by atoms with E-state index >= 15 is 0 Å². The highest BCUT2D eigenvalue weighted by Crippen LogP contribution is 2.33. The van der Waals surface area contributed by atoms with Crippen LogP contribution in [-0.2, 0) is 4.79 Å². The monoisotopic (exact) mass is 282 g/mol. The molecule has 20 heavy (non-hydrogen) atoms. The number of nitrogens with two attached hydrogens (primary N) is 1. The van der Waals surface area contributed by atoms with Crippen molar-refractivity contribution in [3.05, 3.63) is 35.4 Å². The van der Waals surface area contributed by atoms with Crippen molar-refractivity contribution in [1.29, 1.82) is 0 Å². The molecule has 2 N–H and O–H groups in total. The number of hydrogen-bond donors (Lipinski definition) is 1. The van der Waals surface area contributed by atoms with Gasteiger partial charge in [0.2, 0.25) is 5.91 Å². The van der Waals surface area contributed by atoms with E-state index < -0.39 is 23.7 Å². The molecule has 0 saturated carbocycles. The minimum atomic E-state index is -0.717. The molecule has 1 saturated heterocycles. The molecule has 1 fully saturated rings. The lowest BCUT2D eigenvalue weighted by Gasteiger charge is -2.34. The Morgan fingerprint density at radius 3 is 2.60 bits per heavy atom. The highest BCUT2D eigenvalue weighted by molar-refractivity contribution is 5.77. The number of nitrogens with zero attached hydrogens (tertiary/aromatic N) is 1. The lowest BCUT2D eigenvalue weighted by molar-refractivity contribution is -0.133. The summed E-state index contributed by atoms with van der Waals surface area (Å²) in [6, 6.07) is 2.59. The summed E-state index contributed by atoms with van der Waals surface area (Å²) < 4.78 is 28.1. The van der Waals surface area contributed by atoms with Gasteiger partial charge in [0.25, 0.3) is 0 Å². The van der Waals surface area contributed by atoms with E-state index in [0.29, 0.717) is 25.8 Å². The van der Waals surface area contributed by atoms with E-state index in [1.807, 2.05) is 6.92 Å². The van der Waals surface area contributed by atoms with Crippen LogP contribution in [-0.4, -0.2) is 23.4 Å². The molecule has 1 heterocycles. The normalized spacial score (nSPS) is 23.8. The molecule has 110 valence electrons. The molecule has 1 aromatic carbocycles. The Morgan fingerprint density at radius 1 is 1.35 bits per heavy atom. The summed E-state index contributed by atoms with van der Waals surface area (Å²) in [6.45, 7) is 2.39. The Kier molecular flexibility index (Phi) is 4.70. The highest BCUT2D eigenvalue weighted by atomic mass is 19.1.